The van der Waals surface area contributed by atoms with Crippen LogP contribution in [-0.4, -0.2) is 6.54 Å². The monoisotopic (exact) mass is 287 g/mol. The third-order valence-electron chi connectivity index (χ3n) is 3.92. The molecule has 1 aromatic rings. The molecule has 1 saturated carbocycles. The lowest BCUT2D eigenvalue weighted by Crippen LogP contribution is -2.30. The van der Waals surface area contributed by atoms with Crippen LogP contribution < -0.4 is 5.32 Å². The molecule has 4 heteroatoms. The van der Waals surface area contributed by atoms with Crippen molar-refractivity contribution >= 4 is 11.6 Å². The molecule has 2 rings (SSSR count). The quantitative estimate of drug-likeness (QED) is 0.781. The van der Waals surface area contributed by atoms with E-state index in [1.165, 1.54) is 25.3 Å². The van der Waals surface area contributed by atoms with E-state index in [1.54, 1.807) is 0 Å². The van der Waals surface area contributed by atoms with E-state index in [0.717, 1.165) is 25.5 Å². The first-order valence-corrected chi connectivity index (χ1v) is 7.39. The summed E-state index contributed by atoms with van der Waals surface area (Å²) in [6.07, 6.45) is 5.73. The zero-order valence-electron chi connectivity index (χ0n) is 11.2. The van der Waals surface area contributed by atoms with Gasteiger partial charge in [-0.15, -0.1) is 0 Å². The second-order valence-corrected chi connectivity index (χ2v) is 5.63. The lowest BCUT2D eigenvalue weighted by Gasteiger charge is -2.31. The molecule has 1 nitrogen and oxygen atoms in total. The molecule has 1 aliphatic rings. The van der Waals surface area contributed by atoms with Gasteiger partial charge in [0.1, 0.15) is 11.6 Å². The van der Waals surface area contributed by atoms with E-state index in [4.69, 9.17) is 11.6 Å². The van der Waals surface area contributed by atoms with Crippen LogP contribution in [0.3, 0.4) is 0 Å². The van der Waals surface area contributed by atoms with Gasteiger partial charge in [-0.3, -0.25) is 0 Å². The van der Waals surface area contributed by atoms with Crippen molar-refractivity contribution in [3.05, 3.63) is 34.4 Å². The molecular formula is C15H20ClF2N. The van der Waals surface area contributed by atoms with E-state index in [-0.39, 0.29) is 11.1 Å². The van der Waals surface area contributed by atoms with Crippen molar-refractivity contribution in [1.82, 2.24) is 5.32 Å². The summed E-state index contributed by atoms with van der Waals surface area (Å²) in [6.45, 7) is 2.73. The Bertz CT molecular complexity index is 430. The van der Waals surface area contributed by atoms with Crippen molar-refractivity contribution in [1.29, 1.82) is 0 Å². The largest absolute Gasteiger partial charge is 0.310 e. The summed E-state index contributed by atoms with van der Waals surface area (Å²) in [5, 5.41) is 3.15. The Balaban J connectivity index is 2.29. The van der Waals surface area contributed by atoms with Gasteiger partial charge in [0.15, 0.2) is 0 Å². The van der Waals surface area contributed by atoms with Gasteiger partial charge >= 0.3 is 0 Å². The summed E-state index contributed by atoms with van der Waals surface area (Å²) in [5.41, 5.74) is 0.413. The van der Waals surface area contributed by atoms with E-state index in [2.05, 4.69) is 5.32 Å². The molecule has 1 aliphatic carbocycles. The van der Waals surface area contributed by atoms with E-state index in [1.807, 2.05) is 6.92 Å². The molecule has 0 bridgehead atoms. The Morgan fingerprint density at radius 2 is 1.89 bits per heavy atom. The molecule has 1 N–H and O–H groups in total. The van der Waals surface area contributed by atoms with Crippen molar-refractivity contribution < 1.29 is 8.78 Å². The maximum absolute atomic E-state index is 14.1. The standard InChI is InChI=1S/C15H20ClF2N/c1-2-19-15(10-6-4-3-5-7-10)11-8-14(18)12(16)9-13(11)17/h8-10,15,19H,2-7H2,1H3. The molecule has 0 aromatic heterocycles. The number of nitrogens with one attached hydrogen (secondary N) is 1. The predicted octanol–water partition coefficient (Wildman–Crippen LogP) is 4.85. The molecule has 106 valence electrons. The second-order valence-electron chi connectivity index (χ2n) is 5.22. The molecule has 19 heavy (non-hydrogen) atoms. The van der Waals surface area contributed by atoms with Crippen LogP contribution >= 0.6 is 11.6 Å². The van der Waals surface area contributed by atoms with Crippen molar-refractivity contribution in [2.24, 2.45) is 5.92 Å². The van der Waals surface area contributed by atoms with Crippen LogP contribution in [0.5, 0.6) is 0 Å². The van der Waals surface area contributed by atoms with Gasteiger partial charge in [-0.25, -0.2) is 8.78 Å². The number of benzene rings is 1. The van der Waals surface area contributed by atoms with Crippen LogP contribution in [0.2, 0.25) is 5.02 Å². The fourth-order valence-electron chi connectivity index (χ4n) is 2.99. The Hall–Kier alpha value is -0.670. The van der Waals surface area contributed by atoms with Crippen LogP contribution in [0, 0.1) is 17.6 Å². The molecule has 0 radical (unpaired) electrons. The summed E-state index contributed by atoms with van der Waals surface area (Å²) in [6, 6.07) is 2.22. The number of rotatable bonds is 4. The third-order valence-corrected chi connectivity index (χ3v) is 4.21. The van der Waals surface area contributed by atoms with Crippen LogP contribution in [0.1, 0.15) is 50.6 Å². The van der Waals surface area contributed by atoms with E-state index < -0.39 is 11.6 Å². The summed E-state index contributed by atoms with van der Waals surface area (Å²) in [4.78, 5) is 0. The average molecular weight is 288 g/mol. The van der Waals surface area contributed by atoms with Gasteiger partial charge < -0.3 is 5.32 Å². The van der Waals surface area contributed by atoms with Crippen LogP contribution in [0.4, 0.5) is 8.78 Å². The third kappa shape index (κ3) is 3.46. The minimum Gasteiger partial charge on any atom is -0.310 e. The lowest BCUT2D eigenvalue weighted by atomic mass is 9.81. The van der Waals surface area contributed by atoms with Crippen LogP contribution in [0.25, 0.3) is 0 Å². The molecule has 1 fully saturated rings. The van der Waals surface area contributed by atoms with Crippen LogP contribution in [-0.2, 0) is 0 Å². The molecule has 0 heterocycles. The van der Waals surface area contributed by atoms with Gasteiger partial charge in [0.2, 0.25) is 0 Å². The Labute approximate surface area is 118 Å². The maximum Gasteiger partial charge on any atom is 0.142 e. The maximum atomic E-state index is 14.1. The van der Waals surface area contributed by atoms with Gasteiger partial charge in [0.05, 0.1) is 5.02 Å². The van der Waals surface area contributed by atoms with Crippen molar-refractivity contribution in [3.63, 3.8) is 0 Å². The highest BCUT2D eigenvalue weighted by molar-refractivity contribution is 6.30. The molecule has 1 atom stereocenters. The van der Waals surface area contributed by atoms with Gasteiger partial charge in [-0.05, 0) is 37.4 Å². The second kappa shape index (κ2) is 6.67. The van der Waals surface area contributed by atoms with Gasteiger partial charge in [0, 0.05) is 11.6 Å². The Morgan fingerprint density at radius 3 is 2.53 bits per heavy atom. The first kappa shape index (κ1) is 14.7. The molecule has 1 aromatic carbocycles. The van der Waals surface area contributed by atoms with Crippen molar-refractivity contribution in [2.45, 2.75) is 45.1 Å². The number of halogens is 3. The molecule has 1 unspecified atom stereocenters. The molecule has 0 amide bonds. The normalized spacial score (nSPS) is 18.5. The molecule has 0 saturated heterocycles. The molecular weight excluding hydrogens is 268 g/mol. The highest BCUT2D eigenvalue weighted by Crippen LogP contribution is 2.36. The minimum absolute atomic E-state index is 0.114. The highest BCUT2D eigenvalue weighted by atomic mass is 35.5. The van der Waals surface area contributed by atoms with E-state index in [0.29, 0.717) is 11.5 Å². The zero-order valence-corrected chi connectivity index (χ0v) is 11.9. The van der Waals surface area contributed by atoms with E-state index in [9.17, 15) is 8.78 Å². The molecule has 0 spiro atoms. The van der Waals surface area contributed by atoms with Crippen LogP contribution in [0.15, 0.2) is 12.1 Å². The summed E-state index contributed by atoms with van der Waals surface area (Å²) < 4.78 is 27.7. The van der Waals surface area contributed by atoms with Crippen molar-refractivity contribution in [3.8, 4) is 0 Å². The van der Waals surface area contributed by atoms with Gasteiger partial charge in [-0.1, -0.05) is 37.8 Å². The van der Waals surface area contributed by atoms with Gasteiger partial charge in [-0.2, -0.15) is 0 Å². The first-order valence-electron chi connectivity index (χ1n) is 7.01. The van der Waals surface area contributed by atoms with E-state index >= 15 is 0 Å². The molecule has 0 aliphatic heterocycles. The average Bonchev–Trinajstić information content (AvgIpc) is 2.42. The number of hydrogen-bond donors (Lipinski definition) is 1. The summed E-state index contributed by atoms with van der Waals surface area (Å²) in [7, 11) is 0. The zero-order chi connectivity index (χ0) is 13.8. The van der Waals surface area contributed by atoms with Gasteiger partial charge in [0.25, 0.3) is 0 Å². The summed E-state index contributed by atoms with van der Waals surface area (Å²) in [5.74, 6) is -0.580. The van der Waals surface area contributed by atoms with Crippen molar-refractivity contribution in [2.75, 3.05) is 6.54 Å². The predicted molar refractivity (Wildman–Crippen MR) is 74.4 cm³/mol. The summed E-state index contributed by atoms with van der Waals surface area (Å²) >= 11 is 5.62. The first-order chi connectivity index (χ1) is 9.13. The topological polar surface area (TPSA) is 12.0 Å². The minimum atomic E-state index is -0.545. The number of hydrogen-bond acceptors (Lipinski definition) is 1. The fourth-order valence-corrected chi connectivity index (χ4v) is 3.14. The SMILES string of the molecule is CCNC(c1cc(F)c(Cl)cc1F)C1CCCCC1. The lowest BCUT2D eigenvalue weighted by molar-refractivity contribution is 0.269. The fraction of sp³-hybridized carbons (Fsp3) is 0.600. The Kier molecular flexibility index (Phi) is 5.17. The Morgan fingerprint density at radius 1 is 1.21 bits per heavy atom. The smallest absolute Gasteiger partial charge is 0.142 e. The highest BCUT2D eigenvalue weighted by Gasteiger charge is 2.27.